The maximum Gasteiger partial charge on any atom is 0.180 e. The Labute approximate surface area is 96.7 Å². The van der Waals surface area contributed by atoms with E-state index in [1.54, 1.807) is 18.2 Å². The summed E-state index contributed by atoms with van der Waals surface area (Å²) in [6.07, 6.45) is 0.627. The van der Waals surface area contributed by atoms with Crippen LogP contribution in [0.2, 0.25) is 0 Å². The molecule has 2 N–H and O–H groups in total. The summed E-state index contributed by atoms with van der Waals surface area (Å²) in [6, 6.07) is 6.34. The molecule has 5 heteroatoms. The summed E-state index contributed by atoms with van der Waals surface area (Å²) in [5.74, 6) is -0.0778. The first-order valence-electron chi connectivity index (χ1n) is 4.83. The highest BCUT2D eigenvalue weighted by Gasteiger charge is 2.02. The van der Waals surface area contributed by atoms with Crippen LogP contribution in [0.1, 0.15) is 5.69 Å². The maximum atomic E-state index is 13.2. The Morgan fingerprint density at radius 3 is 2.88 bits per heavy atom. The van der Waals surface area contributed by atoms with Crippen molar-refractivity contribution < 1.29 is 9.13 Å². The highest BCUT2D eigenvalue weighted by Crippen LogP contribution is 2.16. The van der Waals surface area contributed by atoms with Gasteiger partial charge in [0.1, 0.15) is 0 Å². The van der Waals surface area contributed by atoms with E-state index < -0.39 is 0 Å². The van der Waals surface area contributed by atoms with Crippen LogP contribution in [0.3, 0.4) is 0 Å². The van der Waals surface area contributed by atoms with Crippen molar-refractivity contribution in [3.05, 3.63) is 41.2 Å². The predicted octanol–water partition coefficient (Wildman–Crippen LogP) is 2.49. The third-order valence-electron chi connectivity index (χ3n) is 2.02. The first-order chi connectivity index (χ1) is 7.75. The molecule has 1 aromatic heterocycles. The van der Waals surface area contributed by atoms with Crippen molar-refractivity contribution in [3.63, 3.8) is 0 Å². The fourth-order valence-electron chi connectivity index (χ4n) is 1.26. The van der Waals surface area contributed by atoms with Crippen LogP contribution in [0.15, 0.2) is 29.6 Å². The van der Waals surface area contributed by atoms with Crippen LogP contribution in [-0.4, -0.2) is 11.6 Å². The number of nitrogen functional groups attached to an aromatic ring is 1. The normalized spacial score (nSPS) is 10.3. The van der Waals surface area contributed by atoms with Crippen molar-refractivity contribution in [2.75, 3.05) is 12.3 Å². The number of nitrogens with zero attached hydrogens (tertiary/aromatic N) is 1. The Hall–Kier alpha value is -1.62. The van der Waals surface area contributed by atoms with Crippen molar-refractivity contribution >= 4 is 16.5 Å². The minimum absolute atomic E-state index is 0.269. The third-order valence-corrected chi connectivity index (χ3v) is 2.74. The number of nitrogens with two attached hydrogens (primary N) is 1. The fraction of sp³-hybridized carbons (Fsp3) is 0.182. The molecule has 0 aliphatic heterocycles. The minimum Gasteiger partial charge on any atom is -0.490 e. The quantitative estimate of drug-likeness (QED) is 0.890. The maximum absolute atomic E-state index is 13.2. The SMILES string of the molecule is Nc1nc(CCOc2ccccc2F)cs1. The number of hydrogen-bond donors (Lipinski definition) is 1. The third kappa shape index (κ3) is 2.70. The van der Waals surface area contributed by atoms with Gasteiger partial charge in [0.25, 0.3) is 0 Å². The van der Waals surface area contributed by atoms with Crippen LogP contribution >= 0.6 is 11.3 Å². The summed E-state index contributed by atoms with van der Waals surface area (Å²) in [4.78, 5) is 4.09. The van der Waals surface area contributed by atoms with Gasteiger partial charge in [-0.05, 0) is 12.1 Å². The Bertz CT molecular complexity index is 473. The molecular formula is C11H11FN2OS. The molecule has 2 rings (SSSR count). The van der Waals surface area contributed by atoms with Gasteiger partial charge in [-0.3, -0.25) is 0 Å². The van der Waals surface area contributed by atoms with Gasteiger partial charge >= 0.3 is 0 Å². The minimum atomic E-state index is -0.347. The lowest BCUT2D eigenvalue weighted by Crippen LogP contribution is -2.03. The number of aromatic nitrogens is 1. The lowest BCUT2D eigenvalue weighted by atomic mass is 10.3. The number of ether oxygens (including phenoxy) is 1. The summed E-state index contributed by atoms with van der Waals surface area (Å²) in [6.45, 7) is 0.393. The van der Waals surface area contributed by atoms with E-state index in [0.717, 1.165) is 5.69 Å². The lowest BCUT2D eigenvalue weighted by Gasteiger charge is -2.05. The highest BCUT2D eigenvalue weighted by molar-refractivity contribution is 7.13. The Kier molecular flexibility index (Phi) is 3.36. The molecule has 16 heavy (non-hydrogen) atoms. The molecular weight excluding hydrogens is 227 g/mol. The van der Waals surface area contributed by atoms with E-state index in [1.807, 2.05) is 5.38 Å². The van der Waals surface area contributed by atoms with Gasteiger partial charge in [-0.2, -0.15) is 0 Å². The second kappa shape index (κ2) is 4.94. The molecule has 0 fully saturated rings. The number of para-hydroxylation sites is 1. The topological polar surface area (TPSA) is 48.1 Å². The summed E-state index contributed by atoms with van der Waals surface area (Å²) >= 11 is 1.39. The molecule has 0 atom stereocenters. The zero-order valence-electron chi connectivity index (χ0n) is 8.52. The molecule has 0 spiro atoms. The van der Waals surface area contributed by atoms with Crippen molar-refractivity contribution in [2.45, 2.75) is 6.42 Å². The van der Waals surface area contributed by atoms with Crippen molar-refractivity contribution in [1.29, 1.82) is 0 Å². The molecule has 0 bridgehead atoms. The van der Waals surface area contributed by atoms with E-state index >= 15 is 0 Å². The fourth-order valence-corrected chi connectivity index (χ4v) is 1.86. The number of thiazole rings is 1. The highest BCUT2D eigenvalue weighted by atomic mass is 32.1. The molecule has 0 aliphatic carbocycles. The van der Waals surface area contributed by atoms with Crippen LogP contribution in [0, 0.1) is 5.82 Å². The molecule has 0 saturated carbocycles. The van der Waals surface area contributed by atoms with Crippen LogP contribution < -0.4 is 10.5 Å². The van der Waals surface area contributed by atoms with E-state index in [1.165, 1.54) is 17.4 Å². The molecule has 1 heterocycles. The van der Waals surface area contributed by atoms with Gasteiger partial charge in [0.15, 0.2) is 16.7 Å². The number of halogens is 1. The molecule has 0 radical (unpaired) electrons. The molecule has 1 aromatic carbocycles. The molecule has 0 unspecified atom stereocenters. The van der Waals surface area contributed by atoms with Crippen molar-refractivity contribution in [1.82, 2.24) is 4.98 Å². The van der Waals surface area contributed by atoms with E-state index in [-0.39, 0.29) is 11.6 Å². The number of anilines is 1. The summed E-state index contributed by atoms with van der Waals surface area (Å²) in [7, 11) is 0. The van der Waals surface area contributed by atoms with E-state index in [4.69, 9.17) is 10.5 Å². The van der Waals surface area contributed by atoms with E-state index in [2.05, 4.69) is 4.98 Å². The van der Waals surface area contributed by atoms with Crippen LogP contribution in [-0.2, 0) is 6.42 Å². The van der Waals surface area contributed by atoms with E-state index in [9.17, 15) is 4.39 Å². The lowest BCUT2D eigenvalue weighted by molar-refractivity contribution is 0.304. The summed E-state index contributed by atoms with van der Waals surface area (Å²) < 4.78 is 18.5. The zero-order valence-corrected chi connectivity index (χ0v) is 9.34. The largest absolute Gasteiger partial charge is 0.490 e. The average molecular weight is 238 g/mol. The van der Waals surface area contributed by atoms with Crippen LogP contribution in [0.5, 0.6) is 5.75 Å². The van der Waals surface area contributed by atoms with Gasteiger partial charge in [-0.15, -0.1) is 11.3 Å². The number of rotatable bonds is 4. The van der Waals surface area contributed by atoms with E-state index in [0.29, 0.717) is 18.2 Å². The summed E-state index contributed by atoms with van der Waals surface area (Å²) in [5, 5.41) is 2.42. The zero-order chi connectivity index (χ0) is 11.4. The second-order valence-electron chi connectivity index (χ2n) is 3.21. The van der Waals surface area contributed by atoms with Crippen molar-refractivity contribution in [3.8, 4) is 5.75 Å². The molecule has 3 nitrogen and oxygen atoms in total. The predicted molar refractivity (Wildman–Crippen MR) is 62.1 cm³/mol. The van der Waals surface area contributed by atoms with Crippen LogP contribution in [0.25, 0.3) is 0 Å². The van der Waals surface area contributed by atoms with Gasteiger partial charge < -0.3 is 10.5 Å². The standard InChI is InChI=1S/C11H11FN2OS/c12-9-3-1-2-4-10(9)15-6-5-8-7-16-11(13)14-8/h1-4,7H,5-6H2,(H2,13,14). The smallest absolute Gasteiger partial charge is 0.180 e. The molecule has 2 aromatic rings. The molecule has 0 aliphatic rings. The number of benzene rings is 1. The number of hydrogen-bond acceptors (Lipinski definition) is 4. The van der Waals surface area contributed by atoms with Crippen LogP contribution in [0.4, 0.5) is 9.52 Å². The summed E-state index contributed by atoms with van der Waals surface area (Å²) in [5.41, 5.74) is 6.37. The second-order valence-corrected chi connectivity index (χ2v) is 4.10. The van der Waals surface area contributed by atoms with Crippen molar-refractivity contribution in [2.24, 2.45) is 0 Å². The van der Waals surface area contributed by atoms with Gasteiger partial charge in [0.05, 0.1) is 12.3 Å². The van der Waals surface area contributed by atoms with Gasteiger partial charge in [0.2, 0.25) is 0 Å². The molecule has 0 amide bonds. The Balaban J connectivity index is 1.87. The Morgan fingerprint density at radius 2 is 2.19 bits per heavy atom. The first kappa shape index (κ1) is 10.9. The van der Waals surface area contributed by atoms with Gasteiger partial charge in [0, 0.05) is 11.8 Å². The van der Waals surface area contributed by atoms with Gasteiger partial charge in [-0.1, -0.05) is 12.1 Å². The monoisotopic (exact) mass is 238 g/mol. The average Bonchev–Trinajstić information content (AvgIpc) is 2.67. The Morgan fingerprint density at radius 1 is 1.38 bits per heavy atom. The molecule has 0 saturated heterocycles. The first-order valence-corrected chi connectivity index (χ1v) is 5.71. The van der Waals surface area contributed by atoms with Gasteiger partial charge in [-0.25, -0.2) is 9.37 Å². The molecule has 84 valence electrons.